The minimum Gasteiger partial charge on any atom is -0.311 e. The molecule has 3 aliphatic rings. The summed E-state index contributed by atoms with van der Waals surface area (Å²) < 4.78 is 0. The lowest BCUT2D eigenvalue weighted by Gasteiger charge is -2.36. The fourth-order valence-electron chi connectivity index (χ4n) is 4.27. The van der Waals surface area contributed by atoms with Crippen molar-refractivity contribution >= 4 is 0 Å². The Morgan fingerprint density at radius 2 is 1.88 bits per heavy atom. The van der Waals surface area contributed by atoms with Gasteiger partial charge in [0, 0.05) is 18.6 Å². The highest BCUT2D eigenvalue weighted by Crippen LogP contribution is 2.34. The van der Waals surface area contributed by atoms with E-state index in [9.17, 15) is 0 Å². The summed E-state index contributed by atoms with van der Waals surface area (Å²) in [7, 11) is 0. The van der Waals surface area contributed by atoms with E-state index in [0.717, 1.165) is 29.8 Å². The first-order valence-electron chi connectivity index (χ1n) is 7.71. The molecule has 0 aromatic rings. The molecule has 2 heteroatoms. The molecule has 3 aliphatic heterocycles. The van der Waals surface area contributed by atoms with Crippen LogP contribution in [-0.4, -0.2) is 36.6 Å². The molecule has 17 heavy (non-hydrogen) atoms. The van der Waals surface area contributed by atoms with Crippen molar-refractivity contribution in [1.29, 1.82) is 0 Å². The molecule has 0 aromatic heterocycles. The zero-order chi connectivity index (χ0) is 11.8. The average molecular weight is 236 g/mol. The van der Waals surface area contributed by atoms with E-state index >= 15 is 0 Å². The molecule has 3 unspecified atom stereocenters. The normalized spacial score (nSPS) is 39.4. The summed E-state index contributed by atoms with van der Waals surface area (Å²) in [6.07, 6.45) is 7.21. The summed E-state index contributed by atoms with van der Waals surface area (Å²) in [5, 5.41) is 3.77. The zero-order valence-electron chi connectivity index (χ0n) is 11.5. The molecule has 2 nitrogen and oxygen atoms in total. The molecule has 0 aromatic carbocycles. The van der Waals surface area contributed by atoms with Gasteiger partial charge in [0.25, 0.3) is 0 Å². The van der Waals surface area contributed by atoms with Crippen LogP contribution in [0.2, 0.25) is 0 Å². The molecule has 0 aliphatic carbocycles. The molecule has 0 radical (unpaired) electrons. The van der Waals surface area contributed by atoms with Crippen molar-refractivity contribution in [1.82, 2.24) is 10.2 Å². The average Bonchev–Trinajstić information content (AvgIpc) is 2.91. The van der Waals surface area contributed by atoms with Crippen LogP contribution in [0.5, 0.6) is 0 Å². The van der Waals surface area contributed by atoms with Gasteiger partial charge in [-0.3, -0.25) is 0 Å². The number of rotatable bonds is 3. The molecule has 0 spiro atoms. The quantitative estimate of drug-likeness (QED) is 0.810. The number of nitrogens with one attached hydrogen (secondary N) is 1. The molecular weight excluding hydrogens is 208 g/mol. The van der Waals surface area contributed by atoms with Gasteiger partial charge in [-0.15, -0.1) is 0 Å². The van der Waals surface area contributed by atoms with E-state index in [1.807, 2.05) is 0 Å². The molecule has 2 bridgehead atoms. The van der Waals surface area contributed by atoms with Crippen molar-refractivity contribution in [2.24, 2.45) is 17.8 Å². The first-order valence-corrected chi connectivity index (χ1v) is 7.71. The first kappa shape index (κ1) is 12.0. The Labute approximate surface area is 106 Å². The van der Waals surface area contributed by atoms with Gasteiger partial charge in [-0.1, -0.05) is 13.8 Å². The summed E-state index contributed by atoms with van der Waals surface area (Å²) in [6, 6.07) is 1.74. The predicted octanol–water partition coefficient (Wildman–Crippen LogP) is 2.49. The topological polar surface area (TPSA) is 15.3 Å². The van der Waals surface area contributed by atoms with Gasteiger partial charge in [-0.2, -0.15) is 0 Å². The summed E-state index contributed by atoms with van der Waals surface area (Å²) in [5.74, 6) is 2.84. The highest BCUT2D eigenvalue weighted by atomic mass is 15.1. The van der Waals surface area contributed by atoms with Crippen LogP contribution in [0.3, 0.4) is 0 Å². The number of likely N-dealkylation sites (tertiary alicyclic amines) is 1. The van der Waals surface area contributed by atoms with Gasteiger partial charge in [0.15, 0.2) is 0 Å². The van der Waals surface area contributed by atoms with E-state index in [1.165, 1.54) is 51.7 Å². The second kappa shape index (κ2) is 4.89. The Balaban J connectivity index is 1.45. The monoisotopic (exact) mass is 236 g/mol. The molecule has 98 valence electrons. The maximum Gasteiger partial charge on any atom is 0.0111 e. The molecule has 0 saturated carbocycles. The molecule has 1 N–H and O–H groups in total. The van der Waals surface area contributed by atoms with Crippen LogP contribution in [-0.2, 0) is 0 Å². The van der Waals surface area contributed by atoms with Gasteiger partial charge in [-0.05, 0) is 62.9 Å². The molecule has 0 amide bonds. The molecular formula is C15H28N2. The van der Waals surface area contributed by atoms with Gasteiger partial charge in [0.1, 0.15) is 0 Å². The van der Waals surface area contributed by atoms with Crippen molar-refractivity contribution in [3.05, 3.63) is 0 Å². The molecule has 3 fully saturated rings. The minimum absolute atomic E-state index is 0.864. The summed E-state index contributed by atoms with van der Waals surface area (Å²) in [5.41, 5.74) is 0. The zero-order valence-corrected chi connectivity index (χ0v) is 11.5. The lowest BCUT2D eigenvalue weighted by Crippen LogP contribution is -2.40. The minimum atomic E-state index is 0.864. The maximum atomic E-state index is 3.77. The SMILES string of the molecule is CC(C)C1CCN(CC2CC3CCC2N3)CC1. The van der Waals surface area contributed by atoms with Crippen molar-refractivity contribution in [2.45, 2.75) is 58.0 Å². The highest BCUT2D eigenvalue weighted by molar-refractivity contribution is 4.98. The fraction of sp³-hybridized carbons (Fsp3) is 1.00. The van der Waals surface area contributed by atoms with Crippen molar-refractivity contribution in [3.8, 4) is 0 Å². The van der Waals surface area contributed by atoms with Crippen LogP contribution in [0, 0.1) is 17.8 Å². The van der Waals surface area contributed by atoms with Gasteiger partial charge in [-0.25, -0.2) is 0 Å². The summed E-state index contributed by atoms with van der Waals surface area (Å²) in [4.78, 5) is 2.74. The molecule has 3 heterocycles. The number of hydrogen-bond acceptors (Lipinski definition) is 2. The lowest BCUT2D eigenvalue weighted by molar-refractivity contribution is 0.132. The third-order valence-corrected chi connectivity index (χ3v) is 5.50. The number of piperidine rings is 1. The van der Waals surface area contributed by atoms with Crippen molar-refractivity contribution < 1.29 is 0 Å². The Kier molecular flexibility index (Phi) is 3.45. The van der Waals surface area contributed by atoms with Crippen molar-refractivity contribution in [3.63, 3.8) is 0 Å². The second-order valence-electron chi connectivity index (χ2n) is 6.93. The van der Waals surface area contributed by atoms with Crippen LogP contribution in [0.15, 0.2) is 0 Å². The predicted molar refractivity (Wildman–Crippen MR) is 72.1 cm³/mol. The fourth-order valence-corrected chi connectivity index (χ4v) is 4.27. The van der Waals surface area contributed by atoms with Crippen LogP contribution in [0.4, 0.5) is 0 Å². The van der Waals surface area contributed by atoms with E-state index < -0.39 is 0 Å². The maximum absolute atomic E-state index is 3.77. The van der Waals surface area contributed by atoms with Gasteiger partial charge < -0.3 is 10.2 Å². The van der Waals surface area contributed by atoms with Crippen LogP contribution >= 0.6 is 0 Å². The Bertz CT molecular complexity index is 256. The number of fused-ring (bicyclic) bond motifs is 2. The third kappa shape index (κ3) is 2.53. The summed E-state index contributed by atoms with van der Waals surface area (Å²) in [6.45, 7) is 8.87. The Morgan fingerprint density at radius 1 is 1.12 bits per heavy atom. The van der Waals surface area contributed by atoms with E-state index in [0.29, 0.717) is 0 Å². The first-order chi connectivity index (χ1) is 8.22. The van der Waals surface area contributed by atoms with Crippen LogP contribution in [0.1, 0.15) is 46.0 Å². The number of nitrogens with zero attached hydrogens (tertiary/aromatic N) is 1. The van der Waals surface area contributed by atoms with E-state index in [4.69, 9.17) is 0 Å². The van der Waals surface area contributed by atoms with Crippen LogP contribution < -0.4 is 5.32 Å². The third-order valence-electron chi connectivity index (χ3n) is 5.50. The van der Waals surface area contributed by atoms with Gasteiger partial charge >= 0.3 is 0 Å². The highest BCUT2D eigenvalue weighted by Gasteiger charge is 2.39. The van der Waals surface area contributed by atoms with E-state index in [-0.39, 0.29) is 0 Å². The van der Waals surface area contributed by atoms with Gasteiger partial charge in [0.05, 0.1) is 0 Å². The lowest BCUT2D eigenvalue weighted by atomic mass is 9.85. The van der Waals surface area contributed by atoms with E-state index in [1.54, 1.807) is 0 Å². The van der Waals surface area contributed by atoms with E-state index in [2.05, 4.69) is 24.1 Å². The molecule has 3 rings (SSSR count). The Morgan fingerprint density at radius 3 is 2.41 bits per heavy atom. The smallest absolute Gasteiger partial charge is 0.0111 e. The summed E-state index contributed by atoms with van der Waals surface area (Å²) >= 11 is 0. The Hall–Kier alpha value is -0.0800. The standard InChI is InChI=1S/C15H28N2/c1-11(2)12-5-7-17(8-6-12)10-13-9-14-3-4-15(13)16-14/h11-16H,3-10H2,1-2H3. The van der Waals surface area contributed by atoms with Crippen molar-refractivity contribution in [2.75, 3.05) is 19.6 Å². The molecule has 3 atom stereocenters. The largest absolute Gasteiger partial charge is 0.311 e. The second-order valence-corrected chi connectivity index (χ2v) is 6.93. The van der Waals surface area contributed by atoms with Gasteiger partial charge in [0.2, 0.25) is 0 Å². The van der Waals surface area contributed by atoms with Crippen LogP contribution in [0.25, 0.3) is 0 Å². The number of hydrogen-bond donors (Lipinski definition) is 1. The molecule has 3 saturated heterocycles.